The van der Waals surface area contributed by atoms with Gasteiger partial charge in [0, 0.05) is 17.9 Å². The summed E-state index contributed by atoms with van der Waals surface area (Å²) in [6.07, 6.45) is -0.651. The SMILES string of the molecule is CC(C)CC(=O)N[C@@H]1c2c(ccc3ccc(=O)oc23)OC(C)(C)[C@H]1O. The highest BCUT2D eigenvalue weighted by Gasteiger charge is 2.45. The third-order valence-corrected chi connectivity index (χ3v) is 4.41. The van der Waals surface area contributed by atoms with Crippen molar-refractivity contribution >= 4 is 16.9 Å². The Balaban J connectivity index is 2.15. The number of carbonyl (C=O) groups is 1. The monoisotopic (exact) mass is 345 g/mol. The topological polar surface area (TPSA) is 88.8 Å². The third-order valence-electron chi connectivity index (χ3n) is 4.41. The highest BCUT2D eigenvalue weighted by molar-refractivity contribution is 5.84. The summed E-state index contributed by atoms with van der Waals surface area (Å²) in [5.74, 6) is 0.514. The predicted octanol–water partition coefficient (Wildman–Crippen LogP) is 2.53. The van der Waals surface area contributed by atoms with Crippen LogP contribution in [0.3, 0.4) is 0 Å². The van der Waals surface area contributed by atoms with Gasteiger partial charge < -0.3 is 19.6 Å². The summed E-state index contributed by atoms with van der Waals surface area (Å²) >= 11 is 0. The highest BCUT2D eigenvalue weighted by Crippen LogP contribution is 2.43. The first kappa shape index (κ1) is 17.5. The fourth-order valence-electron chi connectivity index (χ4n) is 3.18. The van der Waals surface area contributed by atoms with E-state index in [1.165, 1.54) is 6.07 Å². The standard InChI is InChI=1S/C19H23NO5/c1-10(2)9-13(21)20-16-15-12(25-19(3,4)18(16)23)7-5-11-6-8-14(22)24-17(11)15/h5-8,10,16,18,23H,9H2,1-4H3,(H,20,21)/t16-,18+/m1/s1. The van der Waals surface area contributed by atoms with Gasteiger partial charge >= 0.3 is 5.63 Å². The fraction of sp³-hybridized carbons (Fsp3) is 0.474. The Morgan fingerprint density at radius 1 is 1.28 bits per heavy atom. The first-order valence-electron chi connectivity index (χ1n) is 8.42. The Kier molecular flexibility index (Phi) is 4.33. The smallest absolute Gasteiger partial charge is 0.336 e. The second-order valence-corrected chi connectivity index (χ2v) is 7.44. The number of rotatable bonds is 3. The van der Waals surface area contributed by atoms with Crippen molar-refractivity contribution in [3.05, 3.63) is 40.2 Å². The number of carbonyl (C=O) groups excluding carboxylic acids is 1. The number of hydrogen-bond acceptors (Lipinski definition) is 5. The molecule has 1 aliphatic heterocycles. The summed E-state index contributed by atoms with van der Waals surface area (Å²) in [7, 11) is 0. The van der Waals surface area contributed by atoms with Gasteiger partial charge in [-0.25, -0.2) is 4.79 Å². The molecule has 0 bridgehead atoms. The summed E-state index contributed by atoms with van der Waals surface area (Å²) in [6.45, 7) is 7.42. The molecule has 0 spiro atoms. The Morgan fingerprint density at radius 3 is 2.64 bits per heavy atom. The van der Waals surface area contributed by atoms with Gasteiger partial charge in [0.15, 0.2) is 0 Å². The first-order chi connectivity index (χ1) is 11.7. The van der Waals surface area contributed by atoms with Gasteiger partial charge in [-0.1, -0.05) is 13.8 Å². The van der Waals surface area contributed by atoms with E-state index in [-0.39, 0.29) is 11.8 Å². The molecular weight excluding hydrogens is 322 g/mol. The Bertz CT molecular complexity index is 868. The van der Waals surface area contributed by atoms with Crippen molar-refractivity contribution in [2.45, 2.75) is 51.9 Å². The van der Waals surface area contributed by atoms with Gasteiger partial charge in [0.25, 0.3) is 0 Å². The first-order valence-corrected chi connectivity index (χ1v) is 8.42. The molecule has 6 nitrogen and oxygen atoms in total. The molecule has 3 rings (SSSR count). The van der Waals surface area contributed by atoms with Crippen LogP contribution in [0.25, 0.3) is 11.0 Å². The number of amides is 1. The molecule has 134 valence electrons. The molecule has 1 aliphatic rings. The van der Waals surface area contributed by atoms with Gasteiger partial charge in [-0.3, -0.25) is 4.79 Å². The molecule has 0 saturated carbocycles. The minimum Gasteiger partial charge on any atom is -0.485 e. The number of fused-ring (bicyclic) bond motifs is 3. The van der Waals surface area contributed by atoms with Crippen LogP contribution in [0.1, 0.15) is 45.7 Å². The van der Waals surface area contributed by atoms with Crippen LogP contribution < -0.4 is 15.7 Å². The summed E-state index contributed by atoms with van der Waals surface area (Å²) < 4.78 is 11.3. The van der Waals surface area contributed by atoms with Crippen LogP contribution >= 0.6 is 0 Å². The molecule has 0 unspecified atom stereocenters. The van der Waals surface area contributed by atoms with E-state index in [1.807, 2.05) is 13.8 Å². The van der Waals surface area contributed by atoms with E-state index < -0.39 is 23.4 Å². The second kappa shape index (κ2) is 6.19. The number of hydrogen-bond donors (Lipinski definition) is 2. The molecule has 2 N–H and O–H groups in total. The van der Waals surface area contributed by atoms with Crippen LogP contribution in [0.15, 0.2) is 33.5 Å². The van der Waals surface area contributed by atoms with Crippen LogP contribution in [0.2, 0.25) is 0 Å². The van der Waals surface area contributed by atoms with Crippen LogP contribution in [0.4, 0.5) is 0 Å². The molecule has 1 aromatic heterocycles. The van der Waals surface area contributed by atoms with Crippen molar-refractivity contribution in [3.63, 3.8) is 0 Å². The fourth-order valence-corrected chi connectivity index (χ4v) is 3.18. The number of benzene rings is 1. The molecule has 1 amide bonds. The van der Waals surface area contributed by atoms with Crippen LogP contribution in [-0.2, 0) is 4.79 Å². The van der Waals surface area contributed by atoms with Gasteiger partial charge in [-0.2, -0.15) is 0 Å². The molecule has 25 heavy (non-hydrogen) atoms. The Labute approximate surface area is 145 Å². The molecule has 0 fully saturated rings. The Hall–Kier alpha value is -2.34. The van der Waals surface area contributed by atoms with Gasteiger partial charge in [0.2, 0.25) is 5.91 Å². The number of ether oxygens (including phenoxy) is 1. The number of nitrogens with one attached hydrogen (secondary N) is 1. The highest BCUT2D eigenvalue weighted by atomic mass is 16.5. The van der Waals surface area contributed by atoms with E-state index in [1.54, 1.807) is 32.0 Å². The van der Waals surface area contributed by atoms with Gasteiger partial charge in [-0.05, 0) is 38.0 Å². The summed E-state index contributed by atoms with van der Waals surface area (Å²) in [6, 6.07) is 5.83. The van der Waals surface area contributed by atoms with E-state index in [2.05, 4.69) is 5.32 Å². The normalized spacial score (nSPS) is 21.7. The van der Waals surface area contributed by atoms with E-state index in [0.29, 0.717) is 28.7 Å². The lowest BCUT2D eigenvalue weighted by Crippen LogP contribution is -2.53. The quantitative estimate of drug-likeness (QED) is 0.835. The summed E-state index contributed by atoms with van der Waals surface area (Å²) in [5, 5.41) is 14.4. The zero-order chi connectivity index (χ0) is 18.4. The number of aliphatic hydroxyl groups excluding tert-OH is 1. The average molecular weight is 345 g/mol. The zero-order valence-electron chi connectivity index (χ0n) is 14.8. The van der Waals surface area contributed by atoms with Crippen LogP contribution in [0.5, 0.6) is 5.75 Å². The molecule has 2 aromatic rings. The second-order valence-electron chi connectivity index (χ2n) is 7.44. The zero-order valence-corrected chi connectivity index (χ0v) is 14.8. The molecule has 6 heteroatoms. The maximum absolute atomic E-state index is 12.3. The summed E-state index contributed by atoms with van der Waals surface area (Å²) in [4.78, 5) is 24.0. The lowest BCUT2D eigenvalue weighted by molar-refractivity contribution is -0.126. The third kappa shape index (κ3) is 3.26. The minimum absolute atomic E-state index is 0.169. The van der Waals surface area contributed by atoms with Crippen molar-refractivity contribution in [3.8, 4) is 5.75 Å². The molecular formula is C19H23NO5. The maximum Gasteiger partial charge on any atom is 0.336 e. The predicted molar refractivity (Wildman–Crippen MR) is 93.5 cm³/mol. The summed E-state index contributed by atoms with van der Waals surface area (Å²) in [5.41, 5.74) is -0.563. The molecule has 0 radical (unpaired) electrons. The van der Waals surface area contributed by atoms with Crippen molar-refractivity contribution in [1.82, 2.24) is 5.32 Å². The van der Waals surface area contributed by atoms with E-state index in [4.69, 9.17) is 9.15 Å². The van der Waals surface area contributed by atoms with Crippen molar-refractivity contribution in [2.24, 2.45) is 5.92 Å². The average Bonchev–Trinajstić information content (AvgIpc) is 2.50. The molecule has 1 aromatic carbocycles. The maximum atomic E-state index is 12.3. The van der Waals surface area contributed by atoms with Crippen molar-refractivity contribution in [2.75, 3.05) is 0 Å². The van der Waals surface area contributed by atoms with E-state index in [9.17, 15) is 14.7 Å². The van der Waals surface area contributed by atoms with Crippen LogP contribution in [0, 0.1) is 5.92 Å². The lowest BCUT2D eigenvalue weighted by atomic mass is 9.85. The van der Waals surface area contributed by atoms with Gasteiger partial charge in [0.05, 0.1) is 11.6 Å². The van der Waals surface area contributed by atoms with Crippen LogP contribution in [-0.4, -0.2) is 22.7 Å². The largest absolute Gasteiger partial charge is 0.485 e. The van der Waals surface area contributed by atoms with Crippen molar-refractivity contribution < 1.29 is 19.1 Å². The lowest BCUT2D eigenvalue weighted by Gasteiger charge is -2.42. The molecule has 0 aliphatic carbocycles. The van der Waals surface area contributed by atoms with Crippen molar-refractivity contribution in [1.29, 1.82) is 0 Å². The molecule has 2 atom stereocenters. The van der Waals surface area contributed by atoms with Gasteiger partial charge in [-0.15, -0.1) is 0 Å². The molecule has 2 heterocycles. The van der Waals surface area contributed by atoms with E-state index in [0.717, 1.165) is 0 Å². The number of aliphatic hydroxyl groups is 1. The van der Waals surface area contributed by atoms with E-state index >= 15 is 0 Å². The van der Waals surface area contributed by atoms with Gasteiger partial charge in [0.1, 0.15) is 23.0 Å². The molecule has 0 saturated heterocycles. The minimum atomic E-state index is -0.993. The Morgan fingerprint density at radius 2 is 1.96 bits per heavy atom.